The van der Waals surface area contributed by atoms with Crippen LogP contribution in [0.5, 0.6) is 0 Å². The van der Waals surface area contributed by atoms with E-state index >= 15 is 0 Å². The lowest BCUT2D eigenvalue weighted by Gasteiger charge is -2.02. The molecule has 0 aliphatic rings. The number of nitrogens with zero attached hydrogens (tertiary/aromatic N) is 4. The Morgan fingerprint density at radius 3 is 2.60 bits per heavy atom. The van der Waals surface area contributed by atoms with Crippen molar-refractivity contribution in [3.63, 3.8) is 0 Å². The zero-order chi connectivity index (χ0) is 14.4. The first kappa shape index (κ1) is 12.7. The molecule has 0 aliphatic carbocycles. The molecule has 0 saturated heterocycles. The fraction of sp³-hybridized carbons (Fsp3) is 0.154. The van der Waals surface area contributed by atoms with Gasteiger partial charge in [0.2, 0.25) is 0 Å². The summed E-state index contributed by atoms with van der Waals surface area (Å²) in [6.07, 6.45) is 0. The summed E-state index contributed by atoms with van der Waals surface area (Å²) in [5, 5.41) is 18.3. The van der Waals surface area contributed by atoms with Gasteiger partial charge in [0.1, 0.15) is 0 Å². The van der Waals surface area contributed by atoms with Crippen molar-refractivity contribution in [3.8, 4) is 11.3 Å². The minimum Gasteiger partial charge on any atom is -0.476 e. The number of carboxylic acid groups (broad SMARTS) is 1. The van der Waals surface area contributed by atoms with Gasteiger partial charge in [-0.25, -0.2) is 4.79 Å². The Hall–Kier alpha value is -2.34. The molecule has 0 aliphatic heterocycles. The number of aromatic nitrogens is 4. The van der Waals surface area contributed by atoms with E-state index in [4.69, 9.17) is 16.7 Å². The van der Waals surface area contributed by atoms with Crippen LogP contribution in [0.25, 0.3) is 22.2 Å². The van der Waals surface area contributed by atoms with Crippen LogP contribution in [0.15, 0.2) is 24.3 Å². The third kappa shape index (κ3) is 1.85. The summed E-state index contributed by atoms with van der Waals surface area (Å²) in [5.41, 5.74) is 2.48. The number of fused-ring (bicyclic) bond motifs is 1. The van der Waals surface area contributed by atoms with Crippen LogP contribution in [-0.4, -0.2) is 30.6 Å². The van der Waals surface area contributed by atoms with E-state index in [1.54, 1.807) is 11.7 Å². The molecule has 0 amide bonds. The van der Waals surface area contributed by atoms with Gasteiger partial charge in [-0.05, 0) is 18.2 Å². The minimum atomic E-state index is -1.05. The first-order chi connectivity index (χ1) is 9.47. The minimum absolute atomic E-state index is 0.0138. The maximum atomic E-state index is 11.0. The predicted molar refractivity (Wildman–Crippen MR) is 74.9 cm³/mol. The third-order valence-electron chi connectivity index (χ3n) is 3.20. The van der Waals surface area contributed by atoms with Gasteiger partial charge in [-0.2, -0.15) is 10.2 Å². The van der Waals surface area contributed by atoms with E-state index in [1.165, 1.54) is 10.7 Å². The third-order valence-corrected chi connectivity index (χ3v) is 3.48. The fourth-order valence-corrected chi connectivity index (χ4v) is 2.49. The van der Waals surface area contributed by atoms with Crippen molar-refractivity contribution in [1.29, 1.82) is 0 Å². The first-order valence-corrected chi connectivity index (χ1v) is 6.25. The summed E-state index contributed by atoms with van der Waals surface area (Å²) in [4.78, 5) is 11.0. The zero-order valence-electron chi connectivity index (χ0n) is 10.8. The van der Waals surface area contributed by atoms with Crippen molar-refractivity contribution >= 4 is 28.5 Å². The summed E-state index contributed by atoms with van der Waals surface area (Å²) in [6, 6.07) is 7.21. The van der Waals surface area contributed by atoms with Crippen LogP contribution in [0.2, 0.25) is 5.15 Å². The van der Waals surface area contributed by atoms with Gasteiger partial charge in [-0.3, -0.25) is 9.36 Å². The molecule has 0 radical (unpaired) electrons. The van der Waals surface area contributed by atoms with Crippen LogP contribution in [0.1, 0.15) is 10.5 Å². The lowest BCUT2D eigenvalue weighted by molar-refractivity contribution is 0.0689. The number of aryl methyl sites for hydroxylation is 2. The Bertz CT molecular complexity index is 834. The first-order valence-electron chi connectivity index (χ1n) is 5.87. The van der Waals surface area contributed by atoms with Crippen molar-refractivity contribution in [1.82, 2.24) is 19.6 Å². The topological polar surface area (TPSA) is 72.9 Å². The lowest BCUT2D eigenvalue weighted by Crippen LogP contribution is -1.99. The average molecular weight is 291 g/mol. The summed E-state index contributed by atoms with van der Waals surface area (Å²) < 4.78 is 3.24. The molecule has 1 aromatic carbocycles. The van der Waals surface area contributed by atoms with E-state index < -0.39 is 5.97 Å². The van der Waals surface area contributed by atoms with Gasteiger partial charge in [-0.1, -0.05) is 17.7 Å². The molecule has 0 atom stereocenters. The number of rotatable bonds is 2. The molecule has 102 valence electrons. The number of hydrogen-bond donors (Lipinski definition) is 1. The van der Waals surface area contributed by atoms with Gasteiger partial charge in [0, 0.05) is 25.0 Å². The molecule has 0 fully saturated rings. The Kier molecular flexibility index (Phi) is 2.76. The van der Waals surface area contributed by atoms with Crippen molar-refractivity contribution in [2.45, 2.75) is 0 Å². The number of halogens is 1. The van der Waals surface area contributed by atoms with Crippen LogP contribution in [0, 0.1) is 0 Å². The lowest BCUT2D eigenvalue weighted by atomic mass is 10.1. The number of hydrogen-bond acceptors (Lipinski definition) is 3. The summed E-state index contributed by atoms with van der Waals surface area (Å²) >= 11 is 6.08. The molecule has 2 heterocycles. The van der Waals surface area contributed by atoms with Crippen LogP contribution < -0.4 is 0 Å². The van der Waals surface area contributed by atoms with E-state index in [-0.39, 0.29) is 5.69 Å². The normalized spacial score (nSPS) is 11.2. The van der Waals surface area contributed by atoms with Crippen molar-refractivity contribution in [2.75, 3.05) is 0 Å². The number of carboxylic acids is 1. The van der Waals surface area contributed by atoms with E-state index in [2.05, 4.69) is 10.2 Å². The molecular weight excluding hydrogens is 280 g/mol. The largest absolute Gasteiger partial charge is 0.476 e. The standard InChI is InChI=1S/C13H11ClN4O2/c1-17-10-4-3-7(5-8(10)12(14)16-17)11-6-9(13(19)20)15-18(11)2/h3-6H,1-2H3,(H,19,20). The van der Waals surface area contributed by atoms with Crippen molar-refractivity contribution in [2.24, 2.45) is 14.1 Å². The maximum absolute atomic E-state index is 11.0. The van der Waals surface area contributed by atoms with Gasteiger partial charge < -0.3 is 5.11 Å². The van der Waals surface area contributed by atoms with Crippen molar-refractivity contribution in [3.05, 3.63) is 35.1 Å². The highest BCUT2D eigenvalue weighted by molar-refractivity contribution is 6.34. The number of benzene rings is 1. The Morgan fingerprint density at radius 2 is 1.95 bits per heavy atom. The monoisotopic (exact) mass is 290 g/mol. The second kappa shape index (κ2) is 4.35. The molecule has 0 bridgehead atoms. The molecule has 6 nitrogen and oxygen atoms in total. The Balaban J connectivity index is 2.19. The van der Waals surface area contributed by atoms with Crippen LogP contribution in [-0.2, 0) is 14.1 Å². The number of aromatic carboxylic acids is 1. The molecule has 20 heavy (non-hydrogen) atoms. The van der Waals surface area contributed by atoms with Crippen LogP contribution >= 0.6 is 11.6 Å². The molecular formula is C13H11ClN4O2. The molecule has 2 aromatic heterocycles. The quantitative estimate of drug-likeness (QED) is 0.786. The van der Waals surface area contributed by atoms with Gasteiger partial charge in [0.25, 0.3) is 0 Å². The average Bonchev–Trinajstić information content (AvgIpc) is 2.91. The molecule has 0 spiro atoms. The van der Waals surface area contributed by atoms with E-state index in [9.17, 15) is 4.79 Å². The van der Waals surface area contributed by atoms with E-state index in [0.29, 0.717) is 10.8 Å². The highest BCUT2D eigenvalue weighted by Gasteiger charge is 2.14. The molecule has 3 aromatic rings. The highest BCUT2D eigenvalue weighted by Crippen LogP contribution is 2.28. The SMILES string of the molecule is Cn1nc(C(=O)O)cc1-c1ccc2c(c1)c(Cl)nn2C. The van der Waals surface area contributed by atoms with E-state index in [1.807, 2.05) is 25.2 Å². The second-order valence-corrected chi connectivity index (χ2v) is 4.85. The highest BCUT2D eigenvalue weighted by atomic mass is 35.5. The zero-order valence-corrected chi connectivity index (χ0v) is 11.6. The van der Waals surface area contributed by atoms with Crippen molar-refractivity contribution < 1.29 is 9.90 Å². The molecule has 0 saturated carbocycles. The summed E-state index contributed by atoms with van der Waals surface area (Å²) in [6.45, 7) is 0. The fourth-order valence-electron chi connectivity index (χ4n) is 2.22. The van der Waals surface area contributed by atoms with Crippen LogP contribution in [0.4, 0.5) is 0 Å². The molecule has 3 rings (SSSR count). The van der Waals surface area contributed by atoms with E-state index in [0.717, 1.165) is 16.5 Å². The predicted octanol–water partition coefficient (Wildman–Crippen LogP) is 2.33. The Labute approximate surface area is 119 Å². The van der Waals surface area contributed by atoms with Gasteiger partial charge in [0.15, 0.2) is 10.8 Å². The summed E-state index contributed by atoms with van der Waals surface area (Å²) in [7, 11) is 3.53. The van der Waals surface area contributed by atoms with Gasteiger partial charge in [0.05, 0.1) is 11.2 Å². The molecule has 7 heteroatoms. The number of carbonyl (C=O) groups is 1. The maximum Gasteiger partial charge on any atom is 0.356 e. The smallest absolute Gasteiger partial charge is 0.356 e. The second-order valence-electron chi connectivity index (χ2n) is 4.49. The molecule has 1 N–H and O–H groups in total. The van der Waals surface area contributed by atoms with Crippen LogP contribution in [0.3, 0.4) is 0 Å². The Morgan fingerprint density at radius 1 is 1.20 bits per heavy atom. The van der Waals surface area contributed by atoms with Gasteiger partial charge in [-0.15, -0.1) is 0 Å². The molecule has 0 unspecified atom stereocenters. The van der Waals surface area contributed by atoms with Gasteiger partial charge >= 0.3 is 5.97 Å². The summed E-state index contributed by atoms with van der Waals surface area (Å²) in [5.74, 6) is -1.05.